The fraction of sp³-hybridized carbons (Fsp3) is 0.273. The minimum atomic E-state index is -0.284. The Bertz CT molecular complexity index is 1480. The molecular formula is C33H38N2O6. The highest BCUT2D eigenvalue weighted by molar-refractivity contribution is 5.75. The number of aromatic nitrogens is 2. The zero-order valence-corrected chi connectivity index (χ0v) is 24.1. The third-order valence-corrected chi connectivity index (χ3v) is 5.54. The van der Waals surface area contributed by atoms with E-state index in [0.717, 1.165) is 11.1 Å². The second kappa shape index (κ2) is 17.8. The van der Waals surface area contributed by atoms with E-state index in [-0.39, 0.29) is 35.0 Å². The molecule has 0 atom stereocenters. The molecule has 216 valence electrons. The molecule has 0 unspecified atom stereocenters. The predicted molar refractivity (Wildman–Crippen MR) is 160 cm³/mol. The van der Waals surface area contributed by atoms with Crippen molar-refractivity contribution in [3.8, 4) is 11.5 Å². The van der Waals surface area contributed by atoms with Crippen molar-refractivity contribution in [1.82, 2.24) is 9.13 Å². The van der Waals surface area contributed by atoms with Gasteiger partial charge in [0.15, 0.2) is 11.5 Å². The molecule has 2 aromatic heterocycles. The van der Waals surface area contributed by atoms with Gasteiger partial charge in [0.25, 0.3) is 11.1 Å². The van der Waals surface area contributed by atoms with Crippen molar-refractivity contribution in [2.75, 3.05) is 0 Å². The SMILES string of the molecule is CC.CC(=O)CCn1cccc(OCc2ccccc2)c1=O.CC(=O)Cn1cccc(OCc2ccccc2)c1=O. The van der Waals surface area contributed by atoms with Crippen LogP contribution in [0.2, 0.25) is 0 Å². The van der Waals surface area contributed by atoms with Gasteiger partial charge in [0.2, 0.25) is 0 Å². The van der Waals surface area contributed by atoms with E-state index in [9.17, 15) is 19.2 Å². The summed E-state index contributed by atoms with van der Waals surface area (Å²) in [5.41, 5.74) is 1.51. The van der Waals surface area contributed by atoms with Gasteiger partial charge in [-0.3, -0.25) is 19.2 Å². The number of ether oxygens (including phenoxy) is 2. The van der Waals surface area contributed by atoms with Gasteiger partial charge in [-0.15, -0.1) is 0 Å². The minimum absolute atomic E-state index is 0.0625. The Labute approximate surface area is 240 Å². The van der Waals surface area contributed by atoms with E-state index < -0.39 is 0 Å². The topological polar surface area (TPSA) is 96.6 Å². The monoisotopic (exact) mass is 558 g/mol. The number of benzene rings is 2. The first-order valence-electron chi connectivity index (χ1n) is 13.5. The van der Waals surface area contributed by atoms with Crippen molar-refractivity contribution in [1.29, 1.82) is 0 Å². The number of hydrogen-bond acceptors (Lipinski definition) is 6. The van der Waals surface area contributed by atoms with Gasteiger partial charge in [0, 0.05) is 25.4 Å². The average molecular weight is 559 g/mol. The fourth-order valence-electron chi connectivity index (χ4n) is 3.54. The van der Waals surface area contributed by atoms with Crippen molar-refractivity contribution in [3.63, 3.8) is 0 Å². The van der Waals surface area contributed by atoms with Crippen molar-refractivity contribution in [2.45, 2.75) is 60.4 Å². The summed E-state index contributed by atoms with van der Waals surface area (Å²) in [7, 11) is 0. The Morgan fingerprint density at radius 3 is 1.49 bits per heavy atom. The second-order valence-corrected chi connectivity index (χ2v) is 8.88. The third-order valence-electron chi connectivity index (χ3n) is 5.54. The van der Waals surface area contributed by atoms with Crippen LogP contribution in [0.3, 0.4) is 0 Å². The van der Waals surface area contributed by atoms with Crippen LogP contribution in [0.4, 0.5) is 0 Å². The van der Waals surface area contributed by atoms with Gasteiger partial charge in [-0.05, 0) is 49.2 Å². The number of nitrogens with zero attached hydrogens (tertiary/aromatic N) is 2. The summed E-state index contributed by atoms with van der Waals surface area (Å²) in [4.78, 5) is 46.2. The van der Waals surface area contributed by atoms with Crippen LogP contribution in [0, 0.1) is 0 Å². The largest absolute Gasteiger partial charge is 0.483 e. The normalized spacial score (nSPS) is 9.85. The maximum atomic E-state index is 12.1. The van der Waals surface area contributed by atoms with Crippen LogP contribution >= 0.6 is 0 Å². The molecule has 2 heterocycles. The van der Waals surface area contributed by atoms with Gasteiger partial charge in [-0.25, -0.2) is 0 Å². The quantitative estimate of drug-likeness (QED) is 0.243. The molecule has 0 amide bonds. The smallest absolute Gasteiger partial charge is 0.293 e. The van der Waals surface area contributed by atoms with Crippen molar-refractivity contribution >= 4 is 11.6 Å². The molecule has 0 radical (unpaired) electrons. The molecule has 0 N–H and O–H groups in total. The predicted octanol–water partition coefficient (Wildman–Crippen LogP) is 5.45. The second-order valence-electron chi connectivity index (χ2n) is 8.88. The number of aryl methyl sites for hydroxylation is 1. The number of Topliss-reactive ketones (excluding diaryl/α,β-unsaturated/α-hetero) is 2. The molecule has 0 saturated heterocycles. The molecule has 8 nitrogen and oxygen atoms in total. The summed E-state index contributed by atoms with van der Waals surface area (Å²) in [6.45, 7) is 8.11. The first-order chi connectivity index (χ1) is 19.8. The molecule has 8 heteroatoms. The lowest BCUT2D eigenvalue weighted by Crippen LogP contribution is -2.23. The van der Waals surface area contributed by atoms with E-state index in [1.54, 1.807) is 36.7 Å². The number of rotatable bonds is 11. The highest BCUT2D eigenvalue weighted by atomic mass is 16.5. The molecule has 41 heavy (non-hydrogen) atoms. The van der Waals surface area contributed by atoms with Gasteiger partial charge >= 0.3 is 0 Å². The lowest BCUT2D eigenvalue weighted by Gasteiger charge is -2.09. The fourth-order valence-corrected chi connectivity index (χ4v) is 3.54. The zero-order chi connectivity index (χ0) is 30.0. The zero-order valence-electron chi connectivity index (χ0n) is 24.1. The molecule has 0 bridgehead atoms. The van der Waals surface area contributed by atoms with Crippen LogP contribution in [0.25, 0.3) is 0 Å². The molecule has 4 rings (SSSR count). The minimum Gasteiger partial charge on any atom is -0.483 e. The Hall–Kier alpha value is -4.72. The Kier molecular flexibility index (Phi) is 14.1. The van der Waals surface area contributed by atoms with Crippen molar-refractivity contribution in [3.05, 3.63) is 129 Å². The molecule has 0 aliphatic heterocycles. The first-order valence-corrected chi connectivity index (χ1v) is 13.5. The van der Waals surface area contributed by atoms with Gasteiger partial charge in [-0.2, -0.15) is 0 Å². The van der Waals surface area contributed by atoms with Crippen LogP contribution in [0.1, 0.15) is 45.2 Å². The Morgan fingerprint density at radius 2 is 1.05 bits per heavy atom. The van der Waals surface area contributed by atoms with Crippen LogP contribution in [-0.4, -0.2) is 20.7 Å². The van der Waals surface area contributed by atoms with Gasteiger partial charge in [-0.1, -0.05) is 74.5 Å². The third kappa shape index (κ3) is 11.5. The van der Waals surface area contributed by atoms with E-state index in [2.05, 4.69) is 0 Å². The summed E-state index contributed by atoms with van der Waals surface area (Å²) in [6, 6.07) is 26.0. The molecule has 2 aromatic carbocycles. The average Bonchev–Trinajstić information content (AvgIpc) is 2.98. The molecule has 0 aliphatic carbocycles. The molecule has 0 spiro atoms. The highest BCUT2D eigenvalue weighted by Crippen LogP contribution is 2.08. The van der Waals surface area contributed by atoms with Crippen molar-refractivity contribution in [2.24, 2.45) is 0 Å². The van der Waals surface area contributed by atoms with Gasteiger partial charge < -0.3 is 18.6 Å². The molecule has 0 saturated carbocycles. The van der Waals surface area contributed by atoms with E-state index in [0.29, 0.717) is 31.9 Å². The van der Waals surface area contributed by atoms with E-state index in [1.165, 1.54) is 23.0 Å². The number of pyridine rings is 2. The van der Waals surface area contributed by atoms with Crippen LogP contribution < -0.4 is 20.6 Å². The number of carbonyl (C=O) groups excluding carboxylic acids is 2. The van der Waals surface area contributed by atoms with Crippen LogP contribution in [0.15, 0.2) is 107 Å². The molecule has 0 fully saturated rings. The lowest BCUT2D eigenvalue weighted by atomic mass is 10.2. The summed E-state index contributed by atoms with van der Waals surface area (Å²) in [5.74, 6) is 0.558. The van der Waals surface area contributed by atoms with E-state index in [1.807, 2.05) is 74.5 Å². The maximum Gasteiger partial charge on any atom is 0.293 e. The number of hydrogen-bond donors (Lipinski definition) is 0. The summed E-state index contributed by atoms with van der Waals surface area (Å²) < 4.78 is 13.9. The lowest BCUT2D eigenvalue weighted by molar-refractivity contribution is -0.118. The molecular weight excluding hydrogens is 520 g/mol. The number of carbonyl (C=O) groups is 2. The maximum absolute atomic E-state index is 12.1. The van der Waals surface area contributed by atoms with Gasteiger partial charge in [0.1, 0.15) is 24.8 Å². The summed E-state index contributed by atoms with van der Waals surface area (Å²) in [6.07, 6.45) is 3.60. The standard InChI is InChI=1S/C16H17NO3.C15H15NO3.C2H6/c1-13(18)9-11-17-10-5-8-15(16(17)19)20-12-14-6-3-2-4-7-14;1-12(17)10-16-9-5-8-14(15(16)18)19-11-13-6-3-2-4-7-13;1-2/h2-8,10H,9,11-12H2,1H3;2-9H,10-11H2,1H3;1-2H3. The first kappa shape index (κ1) is 32.5. The summed E-state index contributed by atoms with van der Waals surface area (Å²) in [5, 5.41) is 0. The van der Waals surface area contributed by atoms with E-state index >= 15 is 0 Å². The molecule has 4 aromatic rings. The van der Waals surface area contributed by atoms with Crippen LogP contribution in [0.5, 0.6) is 11.5 Å². The highest BCUT2D eigenvalue weighted by Gasteiger charge is 2.07. The number of ketones is 2. The summed E-state index contributed by atoms with van der Waals surface area (Å²) >= 11 is 0. The van der Waals surface area contributed by atoms with Crippen LogP contribution in [-0.2, 0) is 35.9 Å². The van der Waals surface area contributed by atoms with E-state index in [4.69, 9.17) is 9.47 Å². The van der Waals surface area contributed by atoms with Crippen molar-refractivity contribution < 1.29 is 19.1 Å². The van der Waals surface area contributed by atoms with Gasteiger partial charge in [0.05, 0.1) is 6.54 Å². The Morgan fingerprint density at radius 1 is 0.610 bits per heavy atom. The molecule has 0 aliphatic rings. The Balaban J connectivity index is 0.000000271.